The first-order valence-electron chi connectivity index (χ1n) is 8.55. The van der Waals surface area contributed by atoms with Crippen LogP contribution in [0.3, 0.4) is 0 Å². The number of pyridine rings is 1. The molecule has 4 N–H and O–H groups in total. The number of nitrogens with two attached hydrogens (primary N) is 1. The second-order valence-electron chi connectivity index (χ2n) is 6.21. The van der Waals surface area contributed by atoms with E-state index in [9.17, 15) is 0 Å². The molecule has 4 rings (SSSR count). The van der Waals surface area contributed by atoms with Gasteiger partial charge in [-0.2, -0.15) is 0 Å². The third-order valence-electron chi connectivity index (χ3n) is 4.47. The fourth-order valence-electron chi connectivity index (χ4n) is 3.17. The molecule has 27 heavy (non-hydrogen) atoms. The highest BCUT2D eigenvalue weighted by atomic mass is 35.5. The number of nitrogens with zero attached hydrogens (tertiary/aromatic N) is 3. The maximum atomic E-state index is 6.52. The summed E-state index contributed by atoms with van der Waals surface area (Å²) in [5, 5.41) is 5.06. The minimum atomic E-state index is 0. The quantitative estimate of drug-likeness (QED) is 0.594. The van der Waals surface area contributed by atoms with Crippen LogP contribution in [0.2, 0.25) is 5.02 Å². The number of aromatic nitrogens is 3. The number of imidazole rings is 1. The molecule has 1 aliphatic heterocycles. The standard InChI is InChI=1S/C18H21ClN6.2ClH/c19-14-10-13-9-12(16-11-22-17(23-16)3-4-20)1-2-15(13)24-18(14)25-7-5-21-6-8-25;;/h1-2,9-11,21H,3-8,20H2,(H,22,23);2*1H. The molecule has 0 spiro atoms. The van der Waals surface area contributed by atoms with Crippen molar-refractivity contribution >= 4 is 53.1 Å². The van der Waals surface area contributed by atoms with E-state index in [1.807, 2.05) is 24.4 Å². The zero-order chi connectivity index (χ0) is 17.2. The minimum absolute atomic E-state index is 0. The molecule has 3 aromatic rings. The highest BCUT2D eigenvalue weighted by molar-refractivity contribution is 6.33. The fourth-order valence-corrected chi connectivity index (χ4v) is 3.45. The van der Waals surface area contributed by atoms with Gasteiger partial charge in [0.25, 0.3) is 0 Å². The fraction of sp³-hybridized carbons (Fsp3) is 0.333. The monoisotopic (exact) mass is 428 g/mol. The molecule has 3 heterocycles. The number of piperazine rings is 1. The molecule has 0 amide bonds. The van der Waals surface area contributed by atoms with Gasteiger partial charge in [0.15, 0.2) is 0 Å². The number of hydrogen-bond acceptors (Lipinski definition) is 5. The van der Waals surface area contributed by atoms with Crippen molar-refractivity contribution in [2.75, 3.05) is 37.6 Å². The molecular weight excluding hydrogens is 407 g/mol. The van der Waals surface area contributed by atoms with Gasteiger partial charge in [-0.3, -0.25) is 0 Å². The lowest BCUT2D eigenvalue weighted by atomic mass is 10.1. The van der Waals surface area contributed by atoms with Gasteiger partial charge in [-0.15, -0.1) is 24.8 Å². The number of fused-ring (bicyclic) bond motifs is 1. The van der Waals surface area contributed by atoms with Gasteiger partial charge < -0.3 is 20.9 Å². The summed E-state index contributed by atoms with van der Waals surface area (Å²) in [7, 11) is 0. The zero-order valence-electron chi connectivity index (χ0n) is 14.7. The molecule has 0 bridgehead atoms. The van der Waals surface area contributed by atoms with Crippen LogP contribution in [0.4, 0.5) is 5.82 Å². The molecule has 2 aromatic heterocycles. The van der Waals surface area contributed by atoms with Crippen molar-refractivity contribution in [2.45, 2.75) is 6.42 Å². The van der Waals surface area contributed by atoms with Crippen LogP contribution in [0, 0.1) is 0 Å². The van der Waals surface area contributed by atoms with E-state index in [0.717, 1.165) is 66.4 Å². The Morgan fingerprint density at radius 1 is 1.11 bits per heavy atom. The average molecular weight is 430 g/mol. The number of H-pyrrole nitrogens is 1. The summed E-state index contributed by atoms with van der Waals surface area (Å²) in [6, 6.07) is 8.16. The predicted molar refractivity (Wildman–Crippen MR) is 117 cm³/mol. The van der Waals surface area contributed by atoms with E-state index in [0.29, 0.717) is 11.6 Å². The Labute approximate surface area is 175 Å². The van der Waals surface area contributed by atoms with E-state index in [2.05, 4.69) is 26.3 Å². The van der Waals surface area contributed by atoms with Gasteiger partial charge in [-0.05, 0) is 24.7 Å². The Balaban J connectivity index is 0.00000131. The molecule has 9 heteroatoms. The van der Waals surface area contributed by atoms with Crippen LogP contribution >= 0.6 is 36.4 Å². The summed E-state index contributed by atoms with van der Waals surface area (Å²) < 4.78 is 0. The second-order valence-corrected chi connectivity index (χ2v) is 6.62. The minimum Gasteiger partial charge on any atom is -0.353 e. The molecule has 0 atom stereocenters. The number of nitrogens with one attached hydrogen (secondary N) is 2. The lowest BCUT2D eigenvalue weighted by molar-refractivity contribution is 0.585. The molecule has 146 valence electrons. The third kappa shape index (κ3) is 4.65. The highest BCUT2D eigenvalue weighted by Gasteiger charge is 2.16. The molecule has 0 radical (unpaired) electrons. The first kappa shape index (κ1) is 21.7. The first-order chi connectivity index (χ1) is 12.2. The van der Waals surface area contributed by atoms with Gasteiger partial charge in [-0.1, -0.05) is 17.7 Å². The molecule has 0 unspecified atom stereocenters. The van der Waals surface area contributed by atoms with Crippen molar-refractivity contribution in [3.8, 4) is 11.3 Å². The van der Waals surface area contributed by atoms with Crippen molar-refractivity contribution in [3.63, 3.8) is 0 Å². The maximum absolute atomic E-state index is 6.52. The molecule has 0 saturated carbocycles. The Hall–Kier alpha value is -1.57. The van der Waals surface area contributed by atoms with E-state index < -0.39 is 0 Å². The molecular formula is C18H23Cl3N6. The summed E-state index contributed by atoms with van der Waals surface area (Å²) in [5.41, 5.74) is 8.48. The number of halogens is 3. The molecule has 1 fully saturated rings. The lowest BCUT2D eigenvalue weighted by Gasteiger charge is -2.29. The van der Waals surface area contributed by atoms with Gasteiger partial charge in [-0.25, -0.2) is 9.97 Å². The Morgan fingerprint density at radius 2 is 1.89 bits per heavy atom. The van der Waals surface area contributed by atoms with Crippen molar-refractivity contribution in [1.82, 2.24) is 20.3 Å². The average Bonchev–Trinajstić information content (AvgIpc) is 3.10. The van der Waals surface area contributed by atoms with Gasteiger partial charge in [0.05, 0.1) is 16.2 Å². The predicted octanol–water partition coefficient (Wildman–Crippen LogP) is 3.03. The number of benzene rings is 1. The van der Waals surface area contributed by atoms with Gasteiger partial charge in [0.1, 0.15) is 11.6 Å². The summed E-state index contributed by atoms with van der Waals surface area (Å²) in [6.07, 6.45) is 2.66. The number of rotatable bonds is 4. The van der Waals surface area contributed by atoms with Crippen LogP contribution in [-0.2, 0) is 6.42 Å². The largest absolute Gasteiger partial charge is 0.353 e. The summed E-state index contributed by atoms with van der Waals surface area (Å²) in [6.45, 7) is 4.35. The van der Waals surface area contributed by atoms with Crippen LogP contribution in [0.1, 0.15) is 5.82 Å². The van der Waals surface area contributed by atoms with Crippen LogP contribution < -0.4 is 16.0 Å². The Morgan fingerprint density at radius 3 is 2.63 bits per heavy atom. The van der Waals surface area contributed by atoms with Crippen molar-refractivity contribution in [2.24, 2.45) is 5.73 Å². The van der Waals surface area contributed by atoms with E-state index in [4.69, 9.17) is 22.3 Å². The van der Waals surface area contributed by atoms with Gasteiger partial charge in [0.2, 0.25) is 0 Å². The van der Waals surface area contributed by atoms with Crippen molar-refractivity contribution in [3.05, 3.63) is 41.3 Å². The lowest BCUT2D eigenvalue weighted by Crippen LogP contribution is -2.44. The second kappa shape index (κ2) is 9.57. The van der Waals surface area contributed by atoms with Gasteiger partial charge in [0, 0.05) is 49.7 Å². The van der Waals surface area contributed by atoms with Gasteiger partial charge >= 0.3 is 0 Å². The Bertz CT molecular complexity index is 892. The molecule has 6 nitrogen and oxygen atoms in total. The smallest absolute Gasteiger partial charge is 0.148 e. The maximum Gasteiger partial charge on any atom is 0.148 e. The Kier molecular flexibility index (Phi) is 7.70. The third-order valence-corrected chi connectivity index (χ3v) is 4.75. The van der Waals surface area contributed by atoms with E-state index in [-0.39, 0.29) is 24.8 Å². The molecule has 1 aliphatic rings. The molecule has 0 aliphatic carbocycles. The zero-order valence-corrected chi connectivity index (χ0v) is 17.1. The number of anilines is 1. The van der Waals surface area contributed by atoms with Crippen molar-refractivity contribution < 1.29 is 0 Å². The van der Waals surface area contributed by atoms with Crippen molar-refractivity contribution in [1.29, 1.82) is 0 Å². The van der Waals surface area contributed by atoms with E-state index in [1.165, 1.54) is 0 Å². The summed E-state index contributed by atoms with van der Waals surface area (Å²) in [4.78, 5) is 14.8. The molecule has 1 saturated heterocycles. The number of aromatic amines is 1. The number of hydrogen-bond donors (Lipinski definition) is 3. The molecule has 1 aromatic carbocycles. The van der Waals surface area contributed by atoms with Crippen LogP contribution in [0.5, 0.6) is 0 Å². The summed E-state index contributed by atoms with van der Waals surface area (Å²) in [5.74, 6) is 1.77. The summed E-state index contributed by atoms with van der Waals surface area (Å²) >= 11 is 6.52. The van der Waals surface area contributed by atoms with Crippen LogP contribution in [0.25, 0.3) is 22.2 Å². The van der Waals surface area contributed by atoms with E-state index in [1.54, 1.807) is 0 Å². The highest BCUT2D eigenvalue weighted by Crippen LogP contribution is 2.30. The first-order valence-corrected chi connectivity index (χ1v) is 8.93. The SMILES string of the molecule is Cl.Cl.NCCc1nc(-c2ccc3nc(N4CCNCC4)c(Cl)cc3c2)c[nH]1. The van der Waals surface area contributed by atoms with Crippen LogP contribution in [-0.4, -0.2) is 47.7 Å². The van der Waals surface area contributed by atoms with E-state index >= 15 is 0 Å². The van der Waals surface area contributed by atoms with Crippen LogP contribution in [0.15, 0.2) is 30.5 Å². The topological polar surface area (TPSA) is 82.9 Å². The normalized spacial score (nSPS) is 13.9.